The SMILES string of the molecule is C[C@H]1CN(c2ncc(N)cc2Cl)CCN1C1CCN(Cc2ccc(Cl)cc2)CC1. The molecule has 2 saturated heterocycles. The van der Waals surface area contributed by atoms with Crippen LogP contribution < -0.4 is 10.6 Å². The smallest absolute Gasteiger partial charge is 0.147 e. The topological polar surface area (TPSA) is 48.6 Å². The van der Waals surface area contributed by atoms with Gasteiger partial charge in [0.05, 0.1) is 16.9 Å². The molecule has 2 fully saturated rings. The highest BCUT2D eigenvalue weighted by Crippen LogP contribution is 2.29. The second-order valence-corrected chi connectivity index (χ2v) is 9.08. The summed E-state index contributed by atoms with van der Waals surface area (Å²) in [6.07, 6.45) is 4.13. The maximum atomic E-state index is 6.38. The summed E-state index contributed by atoms with van der Waals surface area (Å²) in [5.74, 6) is 0.852. The van der Waals surface area contributed by atoms with Gasteiger partial charge >= 0.3 is 0 Å². The van der Waals surface area contributed by atoms with Gasteiger partial charge in [0.1, 0.15) is 5.82 Å². The second-order valence-electron chi connectivity index (χ2n) is 8.24. The van der Waals surface area contributed by atoms with Gasteiger partial charge in [-0.3, -0.25) is 9.80 Å². The first-order chi connectivity index (χ1) is 14.0. The molecule has 5 nitrogen and oxygen atoms in total. The monoisotopic (exact) mass is 433 g/mol. The van der Waals surface area contributed by atoms with Crippen molar-refractivity contribution in [1.29, 1.82) is 0 Å². The first kappa shape index (κ1) is 20.7. The Balaban J connectivity index is 1.30. The molecule has 2 aliphatic heterocycles. The Kier molecular flexibility index (Phi) is 6.50. The molecule has 3 heterocycles. The van der Waals surface area contributed by atoms with Crippen molar-refractivity contribution in [3.05, 3.63) is 52.1 Å². The molecule has 4 rings (SSSR count). The number of hydrogen-bond donors (Lipinski definition) is 1. The molecule has 2 aliphatic rings. The second kappa shape index (κ2) is 9.09. The first-order valence-electron chi connectivity index (χ1n) is 10.4. The van der Waals surface area contributed by atoms with E-state index in [2.05, 4.69) is 38.7 Å². The summed E-state index contributed by atoms with van der Waals surface area (Å²) in [5.41, 5.74) is 7.73. The van der Waals surface area contributed by atoms with E-state index in [0.717, 1.165) is 50.1 Å². The third kappa shape index (κ3) is 4.97. The van der Waals surface area contributed by atoms with E-state index in [-0.39, 0.29) is 0 Å². The van der Waals surface area contributed by atoms with E-state index in [1.807, 2.05) is 12.1 Å². The molecule has 2 aromatic rings. The summed E-state index contributed by atoms with van der Waals surface area (Å²) >= 11 is 12.4. The van der Waals surface area contributed by atoms with E-state index >= 15 is 0 Å². The van der Waals surface area contributed by atoms with Gasteiger partial charge in [-0.25, -0.2) is 4.98 Å². The van der Waals surface area contributed by atoms with Crippen LogP contribution in [0, 0.1) is 0 Å². The summed E-state index contributed by atoms with van der Waals surface area (Å²) in [4.78, 5) is 12.0. The van der Waals surface area contributed by atoms with Crippen molar-refractivity contribution in [2.45, 2.75) is 38.4 Å². The van der Waals surface area contributed by atoms with Gasteiger partial charge in [-0.05, 0) is 56.6 Å². The number of piperidine rings is 1. The summed E-state index contributed by atoms with van der Waals surface area (Å²) in [6.45, 7) is 8.56. The lowest BCUT2D eigenvalue weighted by molar-refractivity contribution is 0.0690. The zero-order chi connectivity index (χ0) is 20.4. The van der Waals surface area contributed by atoms with Crippen LogP contribution in [-0.2, 0) is 6.54 Å². The van der Waals surface area contributed by atoms with Crippen LogP contribution in [0.25, 0.3) is 0 Å². The molecule has 29 heavy (non-hydrogen) atoms. The molecular formula is C22H29Cl2N5. The molecule has 7 heteroatoms. The molecule has 2 N–H and O–H groups in total. The third-order valence-electron chi connectivity index (χ3n) is 6.17. The molecule has 0 saturated carbocycles. The fourth-order valence-electron chi connectivity index (χ4n) is 4.64. The highest BCUT2D eigenvalue weighted by molar-refractivity contribution is 6.33. The van der Waals surface area contributed by atoms with Gasteiger partial charge in [0.25, 0.3) is 0 Å². The highest BCUT2D eigenvalue weighted by Gasteiger charge is 2.32. The molecule has 1 aromatic heterocycles. The van der Waals surface area contributed by atoms with Crippen molar-refractivity contribution in [3.8, 4) is 0 Å². The molecule has 1 aromatic carbocycles. The van der Waals surface area contributed by atoms with E-state index in [9.17, 15) is 0 Å². The Morgan fingerprint density at radius 1 is 1.07 bits per heavy atom. The average Bonchev–Trinajstić information content (AvgIpc) is 2.70. The maximum absolute atomic E-state index is 6.38. The van der Waals surface area contributed by atoms with Crippen molar-refractivity contribution in [3.63, 3.8) is 0 Å². The van der Waals surface area contributed by atoms with Crippen LogP contribution in [0.5, 0.6) is 0 Å². The number of aromatic nitrogens is 1. The molecule has 0 unspecified atom stereocenters. The van der Waals surface area contributed by atoms with Crippen LogP contribution in [0.1, 0.15) is 25.3 Å². The van der Waals surface area contributed by atoms with E-state index in [4.69, 9.17) is 28.9 Å². The Hall–Kier alpha value is -1.53. The lowest BCUT2D eigenvalue weighted by atomic mass is 9.99. The lowest BCUT2D eigenvalue weighted by Gasteiger charge is -2.47. The molecule has 0 bridgehead atoms. The summed E-state index contributed by atoms with van der Waals surface area (Å²) in [7, 11) is 0. The van der Waals surface area contributed by atoms with Crippen molar-refractivity contribution in [1.82, 2.24) is 14.8 Å². The molecule has 1 atom stereocenters. The Morgan fingerprint density at radius 3 is 2.45 bits per heavy atom. The molecule has 0 spiro atoms. The van der Waals surface area contributed by atoms with Crippen LogP contribution in [0.3, 0.4) is 0 Å². The highest BCUT2D eigenvalue weighted by atomic mass is 35.5. The standard InChI is InChI=1S/C22H29Cl2N5/c1-16-14-28(22-21(24)12-19(25)13-26-22)10-11-29(16)20-6-8-27(9-7-20)15-17-2-4-18(23)5-3-17/h2-5,12-13,16,20H,6-11,14-15,25H2,1H3/t16-/m0/s1. The van der Waals surface area contributed by atoms with E-state index in [1.54, 1.807) is 12.3 Å². The maximum Gasteiger partial charge on any atom is 0.147 e. The number of piperazine rings is 1. The summed E-state index contributed by atoms with van der Waals surface area (Å²) < 4.78 is 0. The van der Waals surface area contributed by atoms with E-state index in [0.29, 0.717) is 22.8 Å². The zero-order valence-electron chi connectivity index (χ0n) is 16.9. The van der Waals surface area contributed by atoms with Gasteiger partial charge in [-0.2, -0.15) is 0 Å². The Morgan fingerprint density at radius 2 is 1.79 bits per heavy atom. The molecule has 0 radical (unpaired) electrons. The number of likely N-dealkylation sites (tertiary alicyclic amines) is 1. The molecular weight excluding hydrogens is 405 g/mol. The van der Waals surface area contributed by atoms with Gasteiger partial charge in [-0.15, -0.1) is 0 Å². The van der Waals surface area contributed by atoms with Crippen molar-refractivity contribution in [2.24, 2.45) is 0 Å². The van der Waals surface area contributed by atoms with Gasteiger partial charge in [0, 0.05) is 43.3 Å². The largest absolute Gasteiger partial charge is 0.397 e. The minimum absolute atomic E-state index is 0.479. The number of benzene rings is 1. The normalized spacial score (nSPS) is 22.2. The van der Waals surface area contributed by atoms with E-state index < -0.39 is 0 Å². The van der Waals surface area contributed by atoms with Crippen LogP contribution in [-0.4, -0.2) is 59.6 Å². The fraction of sp³-hybridized carbons (Fsp3) is 0.500. The summed E-state index contributed by atoms with van der Waals surface area (Å²) in [5, 5.41) is 1.44. The Bertz CT molecular complexity index is 820. The predicted octanol–water partition coefficient (Wildman–Crippen LogP) is 4.15. The average molecular weight is 434 g/mol. The molecule has 0 aliphatic carbocycles. The van der Waals surface area contributed by atoms with Crippen LogP contribution in [0.4, 0.5) is 11.5 Å². The Labute approximate surface area is 183 Å². The number of rotatable bonds is 4. The van der Waals surface area contributed by atoms with Crippen LogP contribution >= 0.6 is 23.2 Å². The minimum Gasteiger partial charge on any atom is -0.397 e. The van der Waals surface area contributed by atoms with Crippen molar-refractivity contribution >= 4 is 34.7 Å². The number of pyridine rings is 1. The molecule has 156 valence electrons. The quantitative estimate of drug-likeness (QED) is 0.784. The lowest BCUT2D eigenvalue weighted by Crippen LogP contribution is -2.57. The van der Waals surface area contributed by atoms with Gasteiger partial charge in [0.15, 0.2) is 0 Å². The number of hydrogen-bond acceptors (Lipinski definition) is 5. The number of nitrogens with two attached hydrogens (primary N) is 1. The fourth-order valence-corrected chi connectivity index (χ4v) is 5.06. The van der Waals surface area contributed by atoms with Crippen LogP contribution in [0.15, 0.2) is 36.5 Å². The molecule has 0 amide bonds. The number of halogens is 2. The minimum atomic E-state index is 0.479. The van der Waals surface area contributed by atoms with Crippen molar-refractivity contribution in [2.75, 3.05) is 43.4 Å². The van der Waals surface area contributed by atoms with E-state index in [1.165, 1.54) is 18.4 Å². The first-order valence-corrected chi connectivity index (χ1v) is 11.1. The van der Waals surface area contributed by atoms with Gasteiger partial charge in [-0.1, -0.05) is 35.3 Å². The van der Waals surface area contributed by atoms with Crippen LogP contribution in [0.2, 0.25) is 10.0 Å². The van der Waals surface area contributed by atoms with Gasteiger partial charge < -0.3 is 10.6 Å². The number of nitrogen functional groups attached to an aromatic ring is 1. The number of nitrogens with zero attached hydrogens (tertiary/aromatic N) is 4. The number of anilines is 2. The third-order valence-corrected chi connectivity index (χ3v) is 6.70. The summed E-state index contributed by atoms with van der Waals surface area (Å²) in [6, 6.07) is 11.1. The zero-order valence-corrected chi connectivity index (χ0v) is 18.4. The van der Waals surface area contributed by atoms with Crippen molar-refractivity contribution < 1.29 is 0 Å². The van der Waals surface area contributed by atoms with Gasteiger partial charge in [0.2, 0.25) is 0 Å². The predicted molar refractivity (Wildman–Crippen MR) is 122 cm³/mol.